The number of fused-ring (bicyclic) bond motifs is 2. The van der Waals surface area contributed by atoms with Crippen LogP contribution in [0.2, 0.25) is 0 Å². The monoisotopic (exact) mass is 613 g/mol. The molecular formula is C32H34F3N3O6. The van der Waals surface area contributed by atoms with E-state index in [0.29, 0.717) is 23.7 Å². The minimum Gasteiger partial charge on any atom is -0.463 e. The normalized spacial score (nSPS) is 20.7. The molecule has 4 atom stereocenters. The van der Waals surface area contributed by atoms with Gasteiger partial charge >= 0.3 is 11.9 Å². The Kier molecular flexibility index (Phi) is 9.60. The van der Waals surface area contributed by atoms with Crippen LogP contribution in [-0.4, -0.2) is 65.5 Å². The molecule has 2 N–H and O–H groups in total. The Hall–Kier alpha value is -4.48. The zero-order chi connectivity index (χ0) is 32.2. The summed E-state index contributed by atoms with van der Waals surface area (Å²) in [6.07, 6.45) is 2.37. The fourth-order valence-electron chi connectivity index (χ4n) is 5.68. The average molecular weight is 614 g/mol. The largest absolute Gasteiger partial charge is 0.463 e. The number of esters is 1. The lowest BCUT2D eigenvalue weighted by Gasteiger charge is -2.29. The van der Waals surface area contributed by atoms with E-state index >= 15 is 0 Å². The number of anilines is 1. The van der Waals surface area contributed by atoms with Gasteiger partial charge in [0.25, 0.3) is 5.91 Å². The molecule has 234 valence electrons. The number of carbonyl (C=O) groups is 5. The molecule has 44 heavy (non-hydrogen) atoms. The maximum Gasteiger partial charge on any atom is 0.330 e. The lowest BCUT2D eigenvalue weighted by atomic mass is 9.79. The van der Waals surface area contributed by atoms with Crippen molar-refractivity contribution in [2.75, 3.05) is 18.5 Å². The van der Waals surface area contributed by atoms with Gasteiger partial charge in [0.2, 0.25) is 11.8 Å². The van der Waals surface area contributed by atoms with Gasteiger partial charge in [0.15, 0.2) is 5.78 Å². The zero-order valence-electron chi connectivity index (χ0n) is 24.6. The molecule has 12 heteroatoms. The summed E-state index contributed by atoms with van der Waals surface area (Å²) in [5.74, 6) is -9.05. The second-order valence-corrected chi connectivity index (χ2v) is 11.2. The minimum atomic E-state index is -3.71. The van der Waals surface area contributed by atoms with Gasteiger partial charge in [-0.25, -0.2) is 9.18 Å². The summed E-state index contributed by atoms with van der Waals surface area (Å²) in [6, 6.07) is 10.4. The number of likely N-dealkylation sites (tertiary alicyclic amines) is 1. The highest BCUT2D eigenvalue weighted by atomic mass is 19.3. The molecule has 2 aliphatic heterocycles. The van der Waals surface area contributed by atoms with Gasteiger partial charge in [0.1, 0.15) is 5.82 Å². The number of hydrogen-bond donors (Lipinski definition) is 2. The summed E-state index contributed by atoms with van der Waals surface area (Å²) in [4.78, 5) is 66.3. The summed E-state index contributed by atoms with van der Waals surface area (Å²) < 4.78 is 45.6. The number of ketones is 1. The van der Waals surface area contributed by atoms with Crippen molar-refractivity contribution in [3.63, 3.8) is 0 Å². The van der Waals surface area contributed by atoms with Gasteiger partial charge in [0.05, 0.1) is 24.1 Å². The summed E-state index contributed by atoms with van der Waals surface area (Å²) in [6.45, 7) is 3.38. The third kappa shape index (κ3) is 7.00. The van der Waals surface area contributed by atoms with Crippen LogP contribution in [0.3, 0.4) is 0 Å². The number of halogens is 3. The molecule has 2 aromatic rings. The van der Waals surface area contributed by atoms with Gasteiger partial charge < -0.3 is 20.3 Å². The van der Waals surface area contributed by atoms with Gasteiger partial charge in [0, 0.05) is 37.6 Å². The van der Waals surface area contributed by atoms with Crippen LogP contribution >= 0.6 is 0 Å². The highest BCUT2D eigenvalue weighted by Crippen LogP contribution is 2.47. The van der Waals surface area contributed by atoms with Crippen LogP contribution in [0.25, 0.3) is 0 Å². The first-order valence-corrected chi connectivity index (χ1v) is 14.3. The number of hydrogen-bond acceptors (Lipinski definition) is 6. The van der Waals surface area contributed by atoms with Crippen molar-refractivity contribution in [2.45, 2.75) is 63.5 Å². The SMILES string of the molecule is CCOC(=O)/C=C/[C@@H]1C[C@@]2(CN1C(=O)[C@@H](CC(=O)[C@H](C)NC(=O)C(C)(F)F)Cc1ccc(F)cc1)C(=O)Nc1ccccc12. The predicted molar refractivity (Wildman–Crippen MR) is 154 cm³/mol. The number of alkyl halides is 2. The minimum absolute atomic E-state index is 0.0178. The maximum atomic E-state index is 14.3. The second-order valence-electron chi connectivity index (χ2n) is 11.2. The Bertz CT molecular complexity index is 1470. The van der Waals surface area contributed by atoms with Crippen molar-refractivity contribution in [3.05, 3.63) is 77.6 Å². The number of benzene rings is 2. The molecule has 0 saturated carbocycles. The Labute approximate surface area is 252 Å². The van der Waals surface area contributed by atoms with Crippen molar-refractivity contribution in [3.8, 4) is 0 Å². The van der Waals surface area contributed by atoms with Gasteiger partial charge in [-0.05, 0) is 56.0 Å². The first kappa shape index (κ1) is 32.4. The van der Waals surface area contributed by atoms with E-state index in [1.54, 1.807) is 31.2 Å². The molecule has 2 heterocycles. The molecule has 0 bridgehead atoms. The fourth-order valence-corrected chi connectivity index (χ4v) is 5.68. The zero-order valence-corrected chi connectivity index (χ0v) is 24.6. The van der Waals surface area contributed by atoms with Crippen LogP contribution < -0.4 is 10.6 Å². The van der Waals surface area contributed by atoms with Crippen LogP contribution in [0.5, 0.6) is 0 Å². The van der Waals surface area contributed by atoms with E-state index in [1.807, 2.05) is 5.32 Å². The molecule has 9 nitrogen and oxygen atoms in total. The number of para-hydroxylation sites is 1. The van der Waals surface area contributed by atoms with Crippen LogP contribution in [0.4, 0.5) is 18.9 Å². The van der Waals surface area contributed by atoms with Crippen LogP contribution in [0, 0.1) is 11.7 Å². The number of amides is 3. The number of rotatable bonds is 11. The number of Topliss-reactive ketones (excluding diaryl/α,β-unsaturated/α-hetero) is 1. The quantitative estimate of drug-likeness (QED) is 0.295. The van der Waals surface area contributed by atoms with Crippen molar-refractivity contribution in [2.24, 2.45) is 5.92 Å². The third-order valence-corrected chi connectivity index (χ3v) is 7.97. The lowest BCUT2D eigenvalue weighted by molar-refractivity contribution is -0.145. The molecule has 1 spiro atoms. The van der Waals surface area contributed by atoms with E-state index < -0.39 is 65.1 Å². The predicted octanol–water partition coefficient (Wildman–Crippen LogP) is 3.71. The molecule has 1 fully saturated rings. The van der Waals surface area contributed by atoms with Gasteiger partial charge in [-0.3, -0.25) is 19.2 Å². The molecular weight excluding hydrogens is 579 g/mol. The lowest BCUT2D eigenvalue weighted by Crippen LogP contribution is -2.47. The standard InChI is InChI=1S/C32H34F3N3O6/c1-4-44-27(40)14-13-23-17-32(24-7-5-6-8-25(24)37-30(32)43)18-38(23)28(41)21(15-20-9-11-22(33)12-10-20)16-26(39)19(2)36-29(42)31(3,34)35/h5-14,19,21,23H,4,15-18H2,1-3H3,(H,36,42)(H,37,43)/b14-13+/t19-,21+,23+,32-/m0/s1. The van der Waals surface area contributed by atoms with Crippen molar-refractivity contribution >= 4 is 35.2 Å². The van der Waals surface area contributed by atoms with Gasteiger partial charge in [-0.15, -0.1) is 0 Å². The molecule has 3 amide bonds. The molecule has 1 saturated heterocycles. The third-order valence-electron chi connectivity index (χ3n) is 7.97. The van der Waals surface area contributed by atoms with Crippen LogP contribution in [-0.2, 0) is 40.5 Å². The van der Waals surface area contributed by atoms with E-state index in [9.17, 15) is 37.1 Å². The molecule has 0 radical (unpaired) electrons. The molecule has 4 rings (SSSR count). The maximum absolute atomic E-state index is 14.3. The first-order chi connectivity index (χ1) is 20.7. The van der Waals surface area contributed by atoms with Crippen LogP contribution in [0.15, 0.2) is 60.7 Å². The van der Waals surface area contributed by atoms with Gasteiger partial charge in [-0.1, -0.05) is 36.4 Å². The molecule has 0 aromatic heterocycles. The summed E-state index contributed by atoms with van der Waals surface area (Å²) in [5, 5.41) is 4.85. The second kappa shape index (κ2) is 13.0. The Morgan fingerprint density at radius 1 is 1.16 bits per heavy atom. The van der Waals surface area contributed by atoms with E-state index in [4.69, 9.17) is 4.74 Å². The Balaban J connectivity index is 1.68. The molecule has 0 aliphatic carbocycles. The summed E-state index contributed by atoms with van der Waals surface area (Å²) >= 11 is 0. The summed E-state index contributed by atoms with van der Waals surface area (Å²) in [7, 11) is 0. The van der Waals surface area contributed by atoms with Crippen molar-refractivity contribution in [1.29, 1.82) is 0 Å². The van der Waals surface area contributed by atoms with Crippen molar-refractivity contribution < 1.29 is 41.9 Å². The smallest absolute Gasteiger partial charge is 0.330 e. The number of carbonyl (C=O) groups excluding carboxylic acids is 5. The van der Waals surface area contributed by atoms with E-state index in [-0.39, 0.29) is 31.9 Å². The number of nitrogens with one attached hydrogen (secondary N) is 2. The van der Waals surface area contributed by atoms with Gasteiger partial charge in [-0.2, -0.15) is 8.78 Å². The Morgan fingerprint density at radius 2 is 1.84 bits per heavy atom. The molecule has 2 aromatic carbocycles. The summed E-state index contributed by atoms with van der Waals surface area (Å²) in [5.41, 5.74) is 0.702. The van der Waals surface area contributed by atoms with E-state index in [0.717, 1.165) is 0 Å². The number of ether oxygens (including phenoxy) is 1. The highest BCUT2D eigenvalue weighted by Gasteiger charge is 2.55. The molecule has 0 unspecified atom stereocenters. The fraction of sp³-hybridized carbons (Fsp3) is 0.406. The van der Waals surface area contributed by atoms with E-state index in [2.05, 4.69) is 5.32 Å². The van der Waals surface area contributed by atoms with Crippen molar-refractivity contribution in [1.82, 2.24) is 10.2 Å². The van der Waals surface area contributed by atoms with Crippen LogP contribution in [0.1, 0.15) is 44.7 Å². The first-order valence-electron chi connectivity index (χ1n) is 14.3. The molecule has 2 aliphatic rings. The average Bonchev–Trinajstić information content (AvgIpc) is 3.49. The Morgan fingerprint density at radius 3 is 2.50 bits per heavy atom. The number of nitrogens with zero attached hydrogens (tertiary/aromatic N) is 1. The highest BCUT2D eigenvalue weighted by molar-refractivity contribution is 6.07. The van der Waals surface area contributed by atoms with E-state index in [1.165, 1.54) is 48.2 Å². The topological polar surface area (TPSA) is 122 Å².